The molecule has 3 fully saturated rings. The fourth-order valence-corrected chi connectivity index (χ4v) is 5.35. The van der Waals surface area contributed by atoms with E-state index in [9.17, 15) is 4.79 Å². The lowest BCUT2D eigenvalue weighted by molar-refractivity contribution is -0.146. The van der Waals surface area contributed by atoms with Crippen LogP contribution in [0.15, 0.2) is 0 Å². The second-order valence-corrected chi connectivity index (χ2v) is 7.80. The van der Waals surface area contributed by atoms with Crippen LogP contribution < -0.4 is 0 Å². The van der Waals surface area contributed by atoms with Crippen LogP contribution in [0.4, 0.5) is 0 Å². The predicted octanol–water partition coefficient (Wildman–Crippen LogP) is 3.87. The van der Waals surface area contributed by atoms with Crippen molar-refractivity contribution >= 4 is 21.8 Å². The molecule has 0 N–H and O–H groups in total. The van der Waals surface area contributed by atoms with Crippen LogP contribution in [0.1, 0.15) is 64.7 Å². The number of piperidine rings is 1. The first-order valence-electron chi connectivity index (χ1n) is 7.63. The molecule has 0 aromatic heterocycles. The molecule has 2 atom stereocenters. The molecule has 2 aliphatic heterocycles. The first-order chi connectivity index (χ1) is 8.66. The molecule has 1 aliphatic carbocycles. The van der Waals surface area contributed by atoms with Crippen molar-refractivity contribution in [1.82, 2.24) is 4.90 Å². The van der Waals surface area contributed by atoms with E-state index >= 15 is 0 Å². The summed E-state index contributed by atoms with van der Waals surface area (Å²) < 4.78 is 0. The van der Waals surface area contributed by atoms with Crippen molar-refractivity contribution < 1.29 is 4.79 Å². The lowest BCUT2D eigenvalue weighted by Gasteiger charge is -2.42. The first-order valence-corrected chi connectivity index (χ1v) is 8.55. The lowest BCUT2D eigenvalue weighted by atomic mass is 9.80. The van der Waals surface area contributed by atoms with E-state index in [0.29, 0.717) is 22.8 Å². The van der Waals surface area contributed by atoms with E-state index in [-0.39, 0.29) is 5.41 Å². The van der Waals surface area contributed by atoms with Crippen LogP contribution in [0.5, 0.6) is 0 Å². The minimum atomic E-state index is 0.0139. The summed E-state index contributed by atoms with van der Waals surface area (Å²) in [7, 11) is 0. The van der Waals surface area contributed by atoms with E-state index in [0.717, 1.165) is 19.3 Å². The minimum absolute atomic E-state index is 0.0139. The number of amides is 1. The number of halogens is 1. The summed E-state index contributed by atoms with van der Waals surface area (Å²) in [6.45, 7) is 2.21. The summed E-state index contributed by atoms with van der Waals surface area (Å²) in [5.74, 6) is 0.509. The molecule has 3 rings (SSSR count). The van der Waals surface area contributed by atoms with Crippen LogP contribution in [0, 0.1) is 5.41 Å². The van der Waals surface area contributed by atoms with Crippen LogP contribution in [0.25, 0.3) is 0 Å². The molecule has 102 valence electrons. The molecular weight excluding hydrogens is 290 g/mol. The number of carbonyl (C=O) groups excluding carboxylic acids is 1. The molecule has 0 spiro atoms. The van der Waals surface area contributed by atoms with Gasteiger partial charge >= 0.3 is 0 Å². The normalized spacial score (nSPS) is 38.1. The molecule has 1 saturated carbocycles. The summed E-state index contributed by atoms with van der Waals surface area (Å²) in [5.41, 5.74) is 0.0139. The predicted molar refractivity (Wildman–Crippen MR) is 76.8 cm³/mol. The third kappa shape index (κ3) is 1.93. The number of alkyl halides is 1. The lowest BCUT2D eigenvalue weighted by Crippen LogP contribution is -2.52. The van der Waals surface area contributed by atoms with E-state index in [1.165, 1.54) is 38.5 Å². The topological polar surface area (TPSA) is 20.3 Å². The zero-order valence-corrected chi connectivity index (χ0v) is 12.9. The Balaban J connectivity index is 1.80. The average molecular weight is 314 g/mol. The van der Waals surface area contributed by atoms with Gasteiger partial charge in [-0.25, -0.2) is 0 Å². The van der Waals surface area contributed by atoms with Gasteiger partial charge in [0, 0.05) is 22.3 Å². The van der Waals surface area contributed by atoms with Gasteiger partial charge in [0.2, 0.25) is 5.91 Å². The summed E-state index contributed by atoms with van der Waals surface area (Å²) in [6.07, 6.45) is 10.6. The van der Waals surface area contributed by atoms with Crippen molar-refractivity contribution in [2.45, 2.75) is 81.6 Å². The Hall–Kier alpha value is -0.0500. The number of fused-ring (bicyclic) bond motifs is 2. The maximum Gasteiger partial charge on any atom is 0.229 e. The molecule has 0 radical (unpaired) electrons. The summed E-state index contributed by atoms with van der Waals surface area (Å²) >= 11 is 3.76. The second-order valence-electron chi connectivity index (χ2n) is 6.51. The molecule has 2 bridgehead atoms. The van der Waals surface area contributed by atoms with Crippen molar-refractivity contribution in [3.63, 3.8) is 0 Å². The Bertz CT molecular complexity index is 323. The standard InChI is InChI=1S/C15H24BrNO/c1-2-15(7-3-4-8-15)14(18)17-12-5-6-13(17)10-11(16)9-12/h11-13H,2-10H2,1H3. The maximum atomic E-state index is 13.0. The van der Waals surface area contributed by atoms with Crippen LogP contribution in [0.3, 0.4) is 0 Å². The number of carbonyl (C=O) groups is 1. The Morgan fingerprint density at radius 1 is 1.22 bits per heavy atom. The largest absolute Gasteiger partial charge is 0.336 e. The van der Waals surface area contributed by atoms with Gasteiger partial charge in [-0.05, 0) is 44.9 Å². The van der Waals surface area contributed by atoms with Crippen LogP contribution in [-0.4, -0.2) is 27.7 Å². The van der Waals surface area contributed by atoms with Crippen molar-refractivity contribution in [3.8, 4) is 0 Å². The molecule has 3 aliphatic rings. The third-order valence-electron chi connectivity index (χ3n) is 5.60. The van der Waals surface area contributed by atoms with Crippen molar-refractivity contribution in [2.24, 2.45) is 5.41 Å². The summed E-state index contributed by atoms with van der Waals surface area (Å²) in [4.78, 5) is 16.0. The van der Waals surface area contributed by atoms with Crippen LogP contribution in [-0.2, 0) is 4.79 Å². The fourth-order valence-electron chi connectivity index (χ4n) is 4.49. The molecule has 2 saturated heterocycles. The smallest absolute Gasteiger partial charge is 0.229 e. The second kappa shape index (κ2) is 4.81. The number of hydrogen-bond donors (Lipinski definition) is 0. The van der Waals surface area contributed by atoms with E-state index in [2.05, 4.69) is 27.8 Å². The SMILES string of the molecule is CCC1(C(=O)N2C3CCC2CC(Br)C3)CCCC1. The Morgan fingerprint density at radius 2 is 1.78 bits per heavy atom. The number of nitrogens with zero attached hydrogens (tertiary/aromatic N) is 1. The Morgan fingerprint density at radius 3 is 2.28 bits per heavy atom. The van der Waals surface area contributed by atoms with Crippen molar-refractivity contribution in [2.75, 3.05) is 0 Å². The highest BCUT2D eigenvalue weighted by molar-refractivity contribution is 9.09. The number of rotatable bonds is 2. The fraction of sp³-hybridized carbons (Fsp3) is 0.933. The van der Waals surface area contributed by atoms with Crippen LogP contribution in [0.2, 0.25) is 0 Å². The molecule has 0 aromatic rings. The molecule has 18 heavy (non-hydrogen) atoms. The van der Waals surface area contributed by atoms with Crippen molar-refractivity contribution in [1.29, 1.82) is 0 Å². The Kier molecular flexibility index (Phi) is 3.46. The van der Waals surface area contributed by atoms with E-state index in [1.807, 2.05) is 0 Å². The monoisotopic (exact) mass is 313 g/mol. The van der Waals surface area contributed by atoms with Gasteiger partial charge in [-0.2, -0.15) is 0 Å². The highest BCUT2D eigenvalue weighted by Gasteiger charge is 2.49. The first kappa shape index (κ1) is 13.0. The molecular formula is C15H24BrNO. The van der Waals surface area contributed by atoms with Crippen molar-refractivity contribution in [3.05, 3.63) is 0 Å². The summed E-state index contributed by atoms with van der Waals surface area (Å²) in [5, 5.41) is 0. The van der Waals surface area contributed by atoms with Gasteiger partial charge in [-0.1, -0.05) is 35.7 Å². The highest BCUT2D eigenvalue weighted by Crippen LogP contribution is 2.47. The van der Waals surface area contributed by atoms with Crippen LogP contribution >= 0.6 is 15.9 Å². The number of hydrogen-bond acceptors (Lipinski definition) is 1. The molecule has 0 aromatic carbocycles. The Labute approximate surface area is 119 Å². The van der Waals surface area contributed by atoms with Gasteiger partial charge in [0.1, 0.15) is 0 Å². The van der Waals surface area contributed by atoms with Gasteiger partial charge in [0.05, 0.1) is 0 Å². The third-order valence-corrected chi connectivity index (χ3v) is 6.35. The molecule has 2 heterocycles. The molecule has 1 amide bonds. The maximum absolute atomic E-state index is 13.0. The molecule has 2 nitrogen and oxygen atoms in total. The van der Waals surface area contributed by atoms with E-state index < -0.39 is 0 Å². The van der Waals surface area contributed by atoms with Gasteiger partial charge in [-0.15, -0.1) is 0 Å². The zero-order valence-electron chi connectivity index (χ0n) is 11.3. The minimum Gasteiger partial charge on any atom is -0.336 e. The van der Waals surface area contributed by atoms with Gasteiger partial charge in [-0.3, -0.25) is 4.79 Å². The quantitative estimate of drug-likeness (QED) is 0.709. The highest BCUT2D eigenvalue weighted by atomic mass is 79.9. The van der Waals surface area contributed by atoms with E-state index in [4.69, 9.17) is 0 Å². The zero-order chi connectivity index (χ0) is 12.8. The van der Waals surface area contributed by atoms with Gasteiger partial charge < -0.3 is 4.90 Å². The van der Waals surface area contributed by atoms with Gasteiger partial charge in [0.15, 0.2) is 0 Å². The van der Waals surface area contributed by atoms with Gasteiger partial charge in [0.25, 0.3) is 0 Å². The summed E-state index contributed by atoms with van der Waals surface area (Å²) in [6, 6.07) is 1.06. The average Bonchev–Trinajstić information content (AvgIpc) is 2.93. The van der Waals surface area contributed by atoms with E-state index in [1.54, 1.807) is 0 Å². The molecule has 3 heteroatoms. The molecule has 2 unspecified atom stereocenters.